The van der Waals surface area contributed by atoms with Crippen molar-refractivity contribution in [3.8, 4) is 34.2 Å². The molecule has 1 spiro atoms. The van der Waals surface area contributed by atoms with Crippen molar-refractivity contribution in [2.75, 3.05) is 39.9 Å². The van der Waals surface area contributed by atoms with Crippen LogP contribution in [0.25, 0.3) is 33.3 Å². The van der Waals surface area contributed by atoms with E-state index in [1.165, 1.54) is 5.01 Å². The van der Waals surface area contributed by atoms with E-state index in [0.717, 1.165) is 50.1 Å². The molecule has 14 nitrogen and oxygen atoms in total. The Morgan fingerprint density at radius 1 is 1.02 bits per heavy atom. The molecule has 2 aromatic heterocycles. The summed E-state index contributed by atoms with van der Waals surface area (Å²) in [4.78, 5) is 78.7. The van der Waals surface area contributed by atoms with Gasteiger partial charge in [0.15, 0.2) is 0 Å². The van der Waals surface area contributed by atoms with E-state index >= 15 is 0 Å². The zero-order valence-corrected chi connectivity index (χ0v) is 38.4. The molecule has 5 aliphatic rings. The van der Waals surface area contributed by atoms with Crippen molar-refractivity contribution in [1.29, 1.82) is 0 Å². The van der Waals surface area contributed by atoms with Crippen LogP contribution in [-0.2, 0) is 46.9 Å². The predicted octanol–water partition coefficient (Wildman–Crippen LogP) is 5.30. The van der Waals surface area contributed by atoms with E-state index in [0.29, 0.717) is 45.3 Å². The molecule has 0 radical (unpaired) electrons. The highest BCUT2D eigenvalue weighted by Gasteiger charge is 2.54. The van der Waals surface area contributed by atoms with Crippen molar-refractivity contribution in [1.82, 2.24) is 35.1 Å². The zero-order valence-electron chi connectivity index (χ0n) is 38.4. The zero-order chi connectivity index (χ0) is 45.9. The number of fused-ring (bicyclic) bond motifs is 8. The highest BCUT2D eigenvalue weighted by Crippen LogP contribution is 2.57. The largest absolute Gasteiger partial charge is 0.464 e. The van der Waals surface area contributed by atoms with Crippen molar-refractivity contribution in [2.45, 2.75) is 96.9 Å². The molecule has 9 rings (SSSR count). The number of benzene rings is 2. The second-order valence-electron chi connectivity index (χ2n) is 19.6. The summed E-state index contributed by atoms with van der Waals surface area (Å²) < 4.78 is 14.8. The Balaban J connectivity index is 1.09. The van der Waals surface area contributed by atoms with Crippen LogP contribution in [0.4, 0.5) is 0 Å². The standard InChI is InChI=1S/C51H59N7O7/c1-8-12-39(59)56-23-19-51(28-56)20-24-57(49(51)63)43(30(2)3)46(60)53-37-26-31-13-9-14-32(25-31)33-17-18-38-35(27-33)40-41(45(64-7)42-34(15-10-21-52-42)44(40)55(38)6)50(4,5)29-65-48(62)36-16-11-22-58(54-36)47(37)61/h9-10,13-15,17-18,21,25,27,30,36-37,41,43,45,54H,11,16,19-20,22-24,26,28-29H2,1-7H3,(H,53,60)/t36-,37-,41?,43-,45-,51?/m0/s1. The minimum atomic E-state index is -1.04. The first-order chi connectivity index (χ1) is 31.2. The van der Waals surface area contributed by atoms with Crippen LogP contribution in [0.3, 0.4) is 0 Å². The lowest BCUT2D eigenvalue weighted by molar-refractivity contribution is -0.156. The number of carbonyl (C=O) groups is 5. The number of nitrogens with one attached hydrogen (secondary N) is 2. The average molecular weight is 882 g/mol. The number of aryl methyl sites for hydroxylation is 1. The fourth-order valence-electron chi connectivity index (χ4n) is 11.3. The van der Waals surface area contributed by atoms with Gasteiger partial charge in [-0.1, -0.05) is 63.9 Å². The maximum Gasteiger partial charge on any atom is 0.324 e. The van der Waals surface area contributed by atoms with Crippen LogP contribution in [-0.4, -0.2) is 112 Å². The van der Waals surface area contributed by atoms with Gasteiger partial charge in [0.25, 0.3) is 11.8 Å². The van der Waals surface area contributed by atoms with Crippen molar-refractivity contribution in [2.24, 2.45) is 23.8 Å². The second-order valence-corrected chi connectivity index (χ2v) is 19.6. The predicted molar refractivity (Wildman–Crippen MR) is 244 cm³/mol. The normalized spacial score (nSPS) is 25.5. The van der Waals surface area contributed by atoms with Crippen LogP contribution in [0.2, 0.25) is 0 Å². The molecular formula is C51H59N7O7. The topological polar surface area (TPSA) is 155 Å². The maximum absolute atomic E-state index is 14.8. The lowest BCUT2D eigenvalue weighted by Crippen LogP contribution is -2.62. The third-order valence-corrected chi connectivity index (χ3v) is 14.6. The smallest absolute Gasteiger partial charge is 0.324 e. The summed E-state index contributed by atoms with van der Waals surface area (Å²) in [5.74, 6) is 2.97. The average Bonchev–Trinajstić information content (AvgIpc) is 3.97. The van der Waals surface area contributed by atoms with Crippen molar-refractivity contribution >= 4 is 40.5 Å². The Morgan fingerprint density at radius 3 is 2.57 bits per heavy atom. The first kappa shape index (κ1) is 44.2. The number of aromatic nitrogens is 2. The van der Waals surface area contributed by atoms with Gasteiger partial charge in [-0.25, -0.2) is 5.43 Å². The number of ether oxygens (including phenoxy) is 2. The Bertz CT molecular complexity index is 2660. The van der Waals surface area contributed by atoms with Gasteiger partial charge in [-0.3, -0.25) is 34.0 Å². The van der Waals surface area contributed by atoms with E-state index in [1.807, 2.05) is 32.0 Å². The molecule has 4 aromatic rings. The molecule has 3 saturated heterocycles. The summed E-state index contributed by atoms with van der Waals surface area (Å²) in [7, 11) is 3.78. The van der Waals surface area contributed by atoms with E-state index in [2.05, 4.69) is 84.4 Å². The number of nitrogens with zero attached hydrogens (tertiary/aromatic N) is 5. The van der Waals surface area contributed by atoms with Gasteiger partial charge in [0.2, 0.25) is 11.8 Å². The molecule has 0 saturated carbocycles. The number of rotatable bonds is 5. The van der Waals surface area contributed by atoms with Gasteiger partial charge in [0, 0.05) is 80.8 Å². The number of hydrazine groups is 1. The monoisotopic (exact) mass is 881 g/mol. The lowest BCUT2D eigenvalue weighted by Gasteiger charge is -2.42. The number of hydrogen-bond donors (Lipinski definition) is 2. The van der Waals surface area contributed by atoms with Crippen LogP contribution >= 0.6 is 0 Å². The molecule has 14 heteroatoms. The Kier molecular flexibility index (Phi) is 11.6. The molecule has 4 amide bonds. The summed E-state index contributed by atoms with van der Waals surface area (Å²) in [5.41, 5.74) is 9.55. The van der Waals surface area contributed by atoms with Crippen LogP contribution < -0.4 is 10.7 Å². The van der Waals surface area contributed by atoms with Crippen molar-refractivity contribution in [3.05, 3.63) is 77.6 Å². The van der Waals surface area contributed by atoms with Crippen LogP contribution in [0.1, 0.15) is 89.1 Å². The van der Waals surface area contributed by atoms with Gasteiger partial charge in [0.1, 0.15) is 24.2 Å². The maximum atomic E-state index is 14.8. The van der Waals surface area contributed by atoms with Gasteiger partial charge in [-0.05, 0) is 91.0 Å². The Labute approximate surface area is 380 Å². The number of cyclic esters (lactones) is 1. The third-order valence-electron chi connectivity index (χ3n) is 14.6. The number of likely N-dealkylation sites (tertiary alicyclic amines) is 2. The van der Waals surface area contributed by atoms with E-state index in [-0.39, 0.29) is 43.2 Å². The highest BCUT2D eigenvalue weighted by molar-refractivity contribution is 5.98. The van der Waals surface area contributed by atoms with Crippen molar-refractivity contribution in [3.63, 3.8) is 0 Å². The molecule has 65 heavy (non-hydrogen) atoms. The molecule has 6 atom stereocenters. The lowest BCUT2D eigenvalue weighted by atomic mass is 9.67. The van der Waals surface area contributed by atoms with Gasteiger partial charge < -0.3 is 29.2 Å². The molecule has 6 heterocycles. The molecule has 2 unspecified atom stereocenters. The molecule has 3 fully saturated rings. The van der Waals surface area contributed by atoms with E-state index in [4.69, 9.17) is 14.5 Å². The number of methoxy groups -OCH3 is 1. The summed E-state index contributed by atoms with van der Waals surface area (Å²) in [6, 6.07) is 15.9. The van der Waals surface area contributed by atoms with E-state index in [1.54, 1.807) is 30.0 Å². The summed E-state index contributed by atoms with van der Waals surface area (Å²) in [6.07, 6.45) is 3.55. The Morgan fingerprint density at radius 2 is 1.80 bits per heavy atom. The molecular weight excluding hydrogens is 823 g/mol. The quantitative estimate of drug-likeness (QED) is 0.201. The first-order valence-corrected chi connectivity index (χ1v) is 22.9. The molecule has 340 valence electrons. The van der Waals surface area contributed by atoms with E-state index < -0.39 is 52.8 Å². The number of hydrogen-bond acceptors (Lipinski definition) is 9. The summed E-state index contributed by atoms with van der Waals surface area (Å²) in [6.45, 7) is 11.1. The molecule has 2 aromatic carbocycles. The number of carbonyl (C=O) groups excluding carboxylic acids is 5. The fourth-order valence-corrected chi connectivity index (χ4v) is 11.3. The van der Waals surface area contributed by atoms with Crippen molar-refractivity contribution < 1.29 is 33.4 Å². The van der Waals surface area contributed by atoms with Crippen LogP contribution in [0, 0.1) is 28.6 Å². The molecule has 2 N–H and O–H groups in total. The molecule has 1 aliphatic carbocycles. The van der Waals surface area contributed by atoms with Crippen LogP contribution in [0.5, 0.6) is 0 Å². The molecule has 4 aliphatic heterocycles. The third kappa shape index (κ3) is 7.66. The Hall–Kier alpha value is -6.04. The second kappa shape index (κ2) is 17.1. The van der Waals surface area contributed by atoms with E-state index in [9.17, 15) is 24.0 Å². The number of amides is 4. The SMILES string of the molecule is CC#CC(=O)N1CCC2(CCN([C@H](C(=O)N[C@H]3Cc4cccc(c4)-c4ccc5c(c4)c4c(n5C)-c5cccnc5[C@@H](OC)C4C(C)(C)COC(=O)[C@@H]4CCCN(N4)C3=O)C(C)C)C2=O)C1. The molecule has 6 bridgehead atoms. The van der Waals surface area contributed by atoms with Crippen LogP contribution in [0.15, 0.2) is 60.8 Å². The minimum Gasteiger partial charge on any atom is -0.464 e. The fraction of sp³-hybridized carbons (Fsp3) is 0.490. The van der Waals surface area contributed by atoms with Gasteiger partial charge in [-0.2, -0.15) is 0 Å². The summed E-state index contributed by atoms with van der Waals surface area (Å²) in [5, 5.41) is 5.61. The minimum absolute atomic E-state index is 0.0785. The van der Waals surface area contributed by atoms with Gasteiger partial charge in [-0.15, -0.1) is 0 Å². The highest BCUT2D eigenvalue weighted by atomic mass is 16.5. The number of esters is 1. The van der Waals surface area contributed by atoms with Gasteiger partial charge >= 0.3 is 5.97 Å². The first-order valence-electron chi connectivity index (χ1n) is 22.9. The number of pyridine rings is 1. The van der Waals surface area contributed by atoms with Gasteiger partial charge in [0.05, 0.1) is 23.4 Å². The summed E-state index contributed by atoms with van der Waals surface area (Å²) >= 11 is 0.